The van der Waals surface area contributed by atoms with Crippen molar-refractivity contribution in [1.29, 1.82) is 0 Å². The van der Waals surface area contributed by atoms with E-state index in [1.807, 2.05) is 7.05 Å². The maximum atomic E-state index is 3.17. The number of hydrogen-bond donors (Lipinski definition) is 1. The zero-order chi connectivity index (χ0) is 9.45. The summed E-state index contributed by atoms with van der Waals surface area (Å²) in [6.07, 6.45) is 6.89. The minimum absolute atomic E-state index is 0.531. The van der Waals surface area contributed by atoms with Crippen LogP contribution in [0.15, 0.2) is 0 Å². The SMILES string of the molecule is CNCCCCCCC(C)(C)C. The van der Waals surface area contributed by atoms with Crippen molar-refractivity contribution in [3.05, 3.63) is 0 Å². The van der Waals surface area contributed by atoms with Crippen LogP contribution in [0.5, 0.6) is 0 Å². The topological polar surface area (TPSA) is 12.0 Å². The van der Waals surface area contributed by atoms with Crippen molar-refractivity contribution in [3.63, 3.8) is 0 Å². The summed E-state index contributed by atoms with van der Waals surface area (Å²) >= 11 is 0. The van der Waals surface area contributed by atoms with Gasteiger partial charge in [-0.15, -0.1) is 0 Å². The number of unbranched alkanes of at least 4 members (excludes halogenated alkanes) is 3. The van der Waals surface area contributed by atoms with E-state index in [1.165, 1.54) is 38.6 Å². The molecule has 0 atom stereocenters. The summed E-state index contributed by atoms with van der Waals surface area (Å²) in [6, 6.07) is 0. The summed E-state index contributed by atoms with van der Waals surface area (Å²) < 4.78 is 0. The molecule has 0 bridgehead atoms. The van der Waals surface area contributed by atoms with E-state index in [4.69, 9.17) is 0 Å². The molecule has 12 heavy (non-hydrogen) atoms. The predicted molar refractivity (Wildman–Crippen MR) is 56.5 cm³/mol. The Kier molecular flexibility index (Phi) is 6.45. The second-order valence-corrected chi connectivity index (χ2v) is 4.83. The molecule has 0 radical (unpaired) electrons. The van der Waals surface area contributed by atoms with Gasteiger partial charge in [-0.1, -0.05) is 40.0 Å². The summed E-state index contributed by atoms with van der Waals surface area (Å²) in [5, 5.41) is 3.17. The van der Waals surface area contributed by atoms with E-state index >= 15 is 0 Å². The number of hydrogen-bond acceptors (Lipinski definition) is 1. The molecule has 0 heterocycles. The Labute approximate surface area is 77.9 Å². The van der Waals surface area contributed by atoms with Crippen LogP contribution in [0.1, 0.15) is 52.9 Å². The number of rotatable bonds is 6. The lowest BCUT2D eigenvalue weighted by atomic mass is 9.89. The van der Waals surface area contributed by atoms with Gasteiger partial charge in [-0.2, -0.15) is 0 Å². The molecule has 0 amide bonds. The zero-order valence-electron chi connectivity index (χ0n) is 9.24. The molecule has 1 heteroatoms. The zero-order valence-corrected chi connectivity index (χ0v) is 9.24. The first-order chi connectivity index (χ1) is 5.56. The van der Waals surface area contributed by atoms with Crippen molar-refractivity contribution in [2.24, 2.45) is 5.41 Å². The summed E-state index contributed by atoms with van der Waals surface area (Å²) in [4.78, 5) is 0. The van der Waals surface area contributed by atoms with Crippen LogP contribution in [0.25, 0.3) is 0 Å². The van der Waals surface area contributed by atoms with Gasteiger partial charge in [-0.25, -0.2) is 0 Å². The molecular formula is C11H25N. The second-order valence-electron chi connectivity index (χ2n) is 4.83. The van der Waals surface area contributed by atoms with E-state index in [9.17, 15) is 0 Å². The first-order valence-corrected chi connectivity index (χ1v) is 5.21. The molecule has 0 saturated heterocycles. The van der Waals surface area contributed by atoms with Crippen LogP contribution in [0, 0.1) is 5.41 Å². The van der Waals surface area contributed by atoms with Crippen LogP contribution >= 0.6 is 0 Å². The monoisotopic (exact) mass is 171 g/mol. The van der Waals surface area contributed by atoms with Gasteiger partial charge < -0.3 is 5.32 Å². The van der Waals surface area contributed by atoms with Gasteiger partial charge in [-0.3, -0.25) is 0 Å². The van der Waals surface area contributed by atoms with Crippen molar-refractivity contribution in [3.8, 4) is 0 Å². The van der Waals surface area contributed by atoms with Crippen molar-refractivity contribution in [2.75, 3.05) is 13.6 Å². The van der Waals surface area contributed by atoms with Gasteiger partial charge in [0.2, 0.25) is 0 Å². The van der Waals surface area contributed by atoms with Gasteiger partial charge in [0.15, 0.2) is 0 Å². The molecule has 0 aromatic heterocycles. The highest BCUT2D eigenvalue weighted by atomic mass is 14.8. The Morgan fingerprint density at radius 1 is 0.917 bits per heavy atom. The minimum atomic E-state index is 0.531. The van der Waals surface area contributed by atoms with E-state index in [1.54, 1.807) is 0 Å². The lowest BCUT2D eigenvalue weighted by molar-refractivity contribution is 0.357. The highest BCUT2D eigenvalue weighted by Crippen LogP contribution is 2.22. The van der Waals surface area contributed by atoms with Gasteiger partial charge in [-0.05, 0) is 31.8 Å². The first-order valence-electron chi connectivity index (χ1n) is 5.21. The summed E-state index contributed by atoms with van der Waals surface area (Å²) in [7, 11) is 2.02. The molecule has 0 aliphatic heterocycles. The smallest absolute Gasteiger partial charge is 0.00519 e. The van der Waals surface area contributed by atoms with E-state index in [-0.39, 0.29) is 0 Å². The molecule has 74 valence electrons. The lowest BCUT2D eigenvalue weighted by Crippen LogP contribution is -2.07. The summed E-state index contributed by atoms with van der Waals surface area (Å²) in [5.74, 6) is 0. The van der Waals surface area contributed by atoms with Crippen molar-refractivity contribution < 1.29 is 0 Å². The van der Waals surface area contributed by atoms with Crippen molar-refractivity contribution in [1.82, 2.24) is 5.32 Å². The van der Waals surface area contributed by atoms with Gasteiger partial charge in [0.25, 0.3) is 0 Å². The van der Waals surface area contributed by atoms with Gasteiger partial charge in [0.1, 0.15) is 0 Å². The molecule has 1 N–H and O–H groups in total. The van der Waals surface area contributed by atoms with Crippen LogP contribution in [0.2, 0.25) is 0 Å². The van der Waals surface area contributed by atoms with E-state index in [2.05, 4.69) is 26.1 Å². The standard InChI is InChI=1S/C11H25N/c1-11(2,3)9-7-5-6-8-10-12-4/h12H,5-10H2,1-4H3. The molecule has 0 aliphatic rings. The Morgan fingerprint density at radius 2 is 1.50 bits per heavy atom. The molecule has 0 saturated carbocycles. The molecule has 0 rings (SSSR count). The average molecular weight is 171 g/mol. The van der Waals surface area contributed by atoms with E-state index < -0.39 is 0 Å². The first kappa shape index (κ1) is 12.0. The summed E-state index contributed by atoms with van der Waals surface area (Å²) in [5.41, 5.74) is 0.531. The Hall–Kier alpha value is -0.0400. The van der Waals surface area contributed by atoms with Gasteiger partial charge in [0, 0.05) is 0 Å². The lowest BCUT2D eigenvalue weighted by Gasteiger charge is -2.17. The average Bonchev–Trinajstić information content (AvgIpc) is 1.94. The molecule has 0 aromatic rings. The Morgan fingerprint density at radius 3 is 2.00 bits per heavy atom. The Balaban J connectivity index is 3.01. The van der Waals surface area contributed by atoms with Crippen LogP contribution in [-0.4, -0.2) is 13.6 Å². The fourth-order valence-electron chi connectivity index (χ4n) is 1.31. The third-order valence-corrected chi connectivity index (χ3v) is 2.10. The highest BCUT2D eigenvalue weighted by molar-refractivity contribution is 4.60. The molecule has 0 aliphatic carbocycles. The highest BCUT2D eigenvalue weighted by Gasteiger charge is 2.08. The molecule has 1 nitrogen and oxygen atoms in total. The normalized spacial score (nSPS) is 12.0. The number of nitrogens with one attached hydrogen (secondary N) is 1. The van der Waals surface area contributed by atoms with Gasteiger partial charge >= 0.3 is 0 Å². The fourth-order valence-corrected chi connectivity index (χ4v) is 1.31. The largest absolute Gasteiger partial charge is 0.320 e. The maximum Gasteiger partial charge on any atom is -0.00519 e. The van der Waals surface area contributed by atoms with Crippen molar-refractivity contribution in [2.45, 2.75) is 52.9 Å². The minimum Gasteiger partial charge on any atom is -0.320 e. The molecular weight excluding hydrogens is 146 g/mol. The van der Waals surface area contributed by atoms with Crippen LogP contribution in [0.4, 0.5) is 0 Å². The third kappa shape index (κ3) is 9.96. The third-order valence-electron chi connectivity index (χ3n) is 2.10. The molecule has 0 aromatic carbocycles. The van der Waals surface area contributed by atoms with Crippen LogP contribution < -0.4 is 5.32 Å². The maximum absolute atomic E-state index is 3.17. The summed E-state index contributed by atoms with van der Waals surface area (Å²) in [6.45, 7) is 8.14. The van der Waals surface area contributed by atoms with Crippen LogP contribution in [-0.2, 0) is 0 Å². The second kappa shape index (κ2) is 6.47. The van der Waals surface area contributed by atoms with Crippen LogP contribution in [0.3, 0.4) is 0 Å². The quantitative estimate of drug-likeness (QED) is 0.605. The molecule has 0 unspecified atom stereocenters. The predicted octanol–water partition coefficient (Wildman–Crippen LogP) is 3.20. The Bertz CT molecular complexity index is 91.7. The van der Waals surface area contributed by atoms with Crippen molar-refractivity contribution >= 4 is 0 Å². The molecule has 0 spiro atoms. The fraction of sp³-hybridized carbons (Fsp3) is 1.00. The molecule has 0 fully saturated rings. The van der Waals surface area contributed by atoms with E-state index in [0.29, 0.717) is 5.41 Å². The van der Waals surface area contributed by atoms with E-state index in [0.717, 1.165) is 0 Å². The van der Waals surface area contributed by atoms with Gasteiger partial charge in [0.05, 0.1) is 0 Å².